The van der Waals surface area contributed by atoms with Gasteiger partial charge in [-0.25, -0.2) is 0 Å². The van der Waals surface area contributed by atoms with Crippen molar-refractivity contribution in [3.63, 3.8) is 0 Å². The van der Waals surface area contributed by atoms with E-state index in [1.54, 1.807) is 0 Å². The lowest BCUT2D eigenvalue weighted by Crippen LogP contribution is -2.75. The topological polar surface area (TPSA) is 69.6 Å². The maximum absolute atomic E-state index is 15.4. The van der Waals surface area contributed by atoms with Gasteiger partial charge in [0.25, 0.3) is 0 Å². The van der Waals surface area contributed by atoms with Gasteiger partial charge in [-0.3, -0.25) is 4.79 Å². The van der Waals surface area contributed by atoms with Gasteiger partial charge >= 0.3 is 114 Å². The van der Waals surface area contributed by atoms with Crippen molar-refractivity contribution in [2.24, 2.45) is 0 Å². The van der Waals surface area contributed by atoms with E-state index >= 15 is 17.6 Å². The molecule has 0 aliphatic rings. The number of rotatable bonds is 18. The molecule has 0 atom stereocenters. The summed E-state index contributed by atoms with van der Waals surface area (Å²) in [5, 5.41) is 18.7. The van der Waals surface area contributed by atoms with Crippen LogP contribution < -0.4 is 10.8 Å². The summed E-state index contributed by atoms with van der Waals surface area (Å²) in [5.41, 5.74) is -16.0. The Morgan fingerprint density at radius 1 is 0.362 bits per heavy atom. The molecule has 0 aromatic heterocycles. The van der Waals surface area contributed by atoms with Crippen molar-refractivity contribution < 1.29 is 182 Å². The largest absolute Gasteiger partial charge is 0.489 e. The highest BCUT2D eigenvalue weighted by Crippen LogP contribution is 2.69. The first-order valence-corrected chi connectivity index (χ1v) is 15.3. The zero-order valence-corrected chi connectivity index (χ0v) is 30.4. The molecule has 0 fully saturated rings. The Bertz CT molecular complexity index is 2080. The van der Waals surface area contributed by atoms with Crippen molar-refractivity contribution in [3.05, 3.63) is 23.3 Å². The summed E-state index contributed by atoms with van der Waals surface area (Å²) >= 11 is 0. The minimum Gasteiger partial charge on any atom is -0.423 e. The van der Waals surface area contributed by atoms with Crippen LogP contribution in [-0.2, 0) is 16.6 Å². The molecule has 0 saturated heterocycles. The van der Waals surface area contributed by atoms with Gasteiger partial charge in [-0.05, 0) is 11.5 Å². The molecule has 0 heterocycles. The van der Waals surface area contributed by atoms with E-state index in [4.69, 9.17) is 0 Å². The molecule has 3 N–H and O–H groups in total. The molecule has 0 aliphatic heterocycles. The smallest absolute Gasteiger partial charge is 0.423 e. The molecule has 4 nitrogen and oxygen atoms in total. The fraction of sp³-hybridized carbons (Fsp3) is 0.731. The van der Waals surface area contributed by atoms with Crippen LogP contribution in [-0.4, -0.2) is 118 Å². The van der Waals surface area contributed by atoms with Crippen LogP contribution >= 0.6 is 0 Å². The Balaban J connectivity index is 4.47. The maximum atomic E-state index is 15.4. The number of anilines is 1. The summed E-state index contributed by atoms with van der Waals surface area (Å²) in [4.78, 5) is 11.5. The Hall–Kier alpha value is -3.99. The second-order valence-corrected chi connectivity index (χ2v) is 13.2. The molecule has 0 saturated carbocycles. The number of amides is 1. The summed E-state index contributed by atoms with van der Waals surface area (Å²) in [6.45, 7) is -0.425. The minimum atomic E-state index is -9.73. The number of carbonyl (C=O) groups is 1. The summed E-state index contributed by atoms with van der Waals surface area (Å²) in [7, 11) is -4.95. The van der Waals surface area contributed by atoms with Gasteiger partial charge in [0.15, 0.2) is 0 Å². The van der Waals surface area contributed by atoms with E-state index in [1.807, 2.05) is 0 Å². The quantitative estimate of drug-likeness (QED) is 0.101. The van der Waals surface area contributed by atoms with Crippen LogP contribution in [0.25, 0.3) is 0 Å². The molecule has 43 heteroatoms. The Kier molecular flexibility index (Phi) is 14.9. The van der Waals surface area contributed by atoms with E-state index in [0.29, 0.717) is 0 Å². The van der Waals surface area contributed by atoms with Gasteiger partial charge in [-0.2, -0.15) is 167 Å². The lowest BCUT2D eigenvalue weighted by atomic mass is 9.71. The SMILES string of the molecule is CC(=O)Nc1cc(C(F)(F)C(F)(F)C(F)(F)C(F)(F)C(F)(F)C(F)(F)C(F)(F)C(F)(F)C(F)(F)F)cc(B(O)O)c1C(F)(F)C(F)(F)C(F)(F)C(F)(F)C(F)(F)C(F)(F)C(F)(F)C(F)(F)C(F)(F)F. The normalized spacial score (nSPS) is 16.2. The molecule has 0 unspecified atom stereocenters. The third kappa shape index (κ3) is 7.95. The lowest BCUT2D eigenvalue weighted by molar-refractivity contribution is -0.469. The van der Waals surface area contributed by atoms with E-state index in [1.165, 1.54) is 0 Å². The highest BCUT2D eigenvalue weighted by atomic mass is 19.4. The zero-order valence-electron chi connectivity index (χ0n) is 30.4. The van der Waals surface area contributed by atoms with E-state index in [2.05, 4.69) is 0 Å². The first kappa shape index (κ1) is 63.0. The van der Waals surface area contributed by atoms with Crippen LogP contribution in [0.5, 0.6) is 0 Å². The molecule has 0 aliphatic carbocycles. The van der Waals surface area contributed by atoms with Crippen LogP contribution in [0.2, 0.25) is 0 Å². The summed E-state index contributed by atoms with van der Waals surface area (Å²) in [5.74, 6) is -151. The van der Waals surface area contributed by atoms with E-state index < -0.39 is 161 Å². The van der Waals surface area contributed by atoms with Crippen molar-refractivity contribution in [2.45, 2.75) is 114 Å². The average Bonchev–Trinajstić information content (AvgIpc) is 3.11. The van der Waals surface area contributed by atoms with E-state index in [9.17, 15) is 164 Å². The van der Waals surface area contributed by atoms with Crippen LogP contribution in [0.15, 0.2) is 12.1 Å². The van der Waals surface area contributed by atoms with Crippen molar-refractivity contribution in [2.75, 3.05) is 5.32 Å². The van der Waals surface area contributed by atoms with Crippen molar-refractivity contribution in [3.8, 4) is 0 Å². The number of hydrogen-bond acceptors (Lipinski definition) is 3. The number of nitrogens with one attached hydrogen (secondary N) is 1. The van der Waals surface area contributed by atoms with Crippen LogP contribution in [0, 0.1) is 0 Å². The third-order valence-corrected chi connectivity index (χ3v) is 8.67. The predicted molar refractivity (Wildman–Crippen MR) is 140 cm³/mol. The number of hydrogen-bond donors (Lipinski definition) is 3. The van der Waals surface area contributed by atoms with Gasteiger partial charge in [0.1, 0.15) is 0 Å². The molecule has 0 spiro atoms. The fourth-order valence-electron chi connectivity index (χ4n) is 4.75. The maximum Gasteiger partial charge on any atom is 0.489 e. The van der Waals surface area contributed by atoms with Gasteiger partial charge in [0.05, 0.1) is 11.3 Å². The molecule has 69 heavy (non-hydrogen) atoms. The minimum absolute atomic E-state index is 0.119. The molecule has 404 valence electrons. The first-order chi connectivity index (χ1) is 29.3. The van der Waals surface area contributed by atoms with Crippen molar-refractivity contribution in [1.29, 1.82) is 0 Å². The molecule has 0 radical (unpaired) electrons. The molecular weight excluding hydrogens is 1110 g/mol. The summed E-state index contributed by atoms with van der Waals surface area (Å²) in [6, 6.07) is -4.33. The van der Waals surface area contributed by atoms with Gasteiger partial charge in [0.2, 0.25) is 5.91 Å². The predicted octanol–water partition coefficient (Wildman–Crippen LogP) is 11.5. The molecule has 1 aromatic carbocycles. The Morgan fingerprint density at radius 2 is 0.580 bits per heavy atom. The summed E-state index contributed by atoms with van der Waals surface area (Å²) in [6.07, 6.45) is -16.7. The first-order valence-electron chi connectivity index (χ1n) is 15.3. The second kappa shape index (κ2) is 16.3. The zero-order chi connectivity index (χ0) is 56.6. The number of carbonyl (C=O) groups excluding carboxylic acids is 1. The highest BCUT2D eigenvalue weighted by molar-refractivity contribution is 6.59. The van der Waals surface area contributed by atoms with Crippen molar-refractivity contribution in [1.82, 2.24) is 0 Å². The molecule has 1 aromatic rings. The monoisotopic (exact) mass is 1110 g/mol. The average molecular weight is 1120 g/mol. The standard InChI is InChI=1S/C26H8BF38NO3/c1-4(67)66-7-3-5(9(28,29)11(32,33)13(36,37)15(40,41)17(44,45)19(48,49)21(52,53)23(56,57)25(60,61)62)2-6(27(68)69)8(7)10(30,31)12(34,35)14(38,39)16(42,43)18(46,47)20(50,51)22(54,55)24(58,59)26(63,64)65/h2-3,68-69H,1H3,(H,66,67). The molecule has 1 amide bonds. The van der Waals surface area contributed by atoms with Crippen LogP contribution in [0.1, 0.15) is 18.1 Å². The number of alkyl halides is 38. The van der Waals surface area contributed by atoms with Crippen LogP contribution in [0.3, 0.4) is 0 Å². The Labute approximate surface area is 349 Å². The third-order valence-electron chi connectivity index (χ3n) is 8.67. The molecule has 1 rings (SSSR count). The van der Waals surface area contributed by atoms with Gasteiger partial charge in [0, 0.05) is 12.5 Å². The van der Waals surface area contributed by atoms with Crippen LogP contribution in [0.4, 0.5) is 173 Å². The second-order valence-electron chi connectivity index (χ2n) is 13.2. The summed E-state index contributed by atoms with van der Waals surface area (Å²) < 4.78 is 527. The highest BCUT2D eigenvalue weighted by Gasteiger charge is 2.99. The van der Waals surface area contributed by atoms with Gasteiger partial charge in [-0.1, -0.05) is 6.07 Å². The van der Waals surface area contributed by atoms with Gasteiger partial charge in [-0.15, -0.1) is 0 Å². The molecular formula is C26H8BF38NO3. The molecule has 0 bridgehead atoms. The van der Waals surface area contributed by atoms with E-state index in [0.717, 1.165) is 0 Å². The fourth-order valence-corrected chi connectivity index (χ4v) is 4.75. The number of benzene rings is 1. The van der Waals surface area contributed by atoms with Gasteiger partial charge < -0.3 is 15.4 Å². The lowest BCUT2D eigenvalue weighted by Gasteiger charge is -2.44. The Morgan fingerprint density at radius 3 is 0.797 bits per heavy atom. The van der Waals surface area contributed by atoms with Crippen molar-refractivity contribution >= 4 is 24.2 Å². The number of halogens is 38. The van der Waals surface area contributed by atoms with E-state index in [-0.39, 0.29) is 5.32 Å².